The van der Waals surface area contributed by atoms with Gasteiger partial charge in [-0.05, 0) is 37.8 Å². The van der Waals surface area contributed by atoms with Gasteiger partial charge < -0.3 is 20.1 Å². The van der Waals surface area contributed by atoms with Crippen LogP contribution in [0.3, 0.4) is 0 Å². The third-order valence-electron chi connectivity index (χ3n) is 3.88. The van der Waals surface area contributed by atoms with Gasteiger partial charge in [-0.25, -0.2) is 4.99 Å². The molecule has 2 N–H and O–H groups in total. The van der Waals surface area contributed by atoms with Crippen LogP contribution >= 0.6 is 24.0 Å². The molecule has 1 atom stereocenters. The molecule has 0 aliphatic carbocycles. The molecule has 136 valence electrons. The molecule has 0 amide bonds. The van der Waals surface area contributed by atoms with Crippen LogP contribution in [0.25, 0.3) is 0 Å². The maximum atomic E-state index is 5.66. The lowest BCUT2D eigenvalue weighted by atomic mass is 10.1. The van der Waals surface area contributed by atoms with Gasteiger partial charge in [0.05, 0.1) is 25.9 Å². The normalized spacial score (nSPS) is 17.4. The zero-order valence-electron chi connectivity index (χ0n) is 14.7. The number of aryl methyl sites for hydroxylation is 1. The van der Waals surface area contributed by atoms with Gasteiger partial charge in [0.25, 0.3) is 0 Å². The van der Waals surface area contributed by atoms with E-state index in [0.29, 0.717) is 19.8 Å². The summed E-state index contributed by atoms with van der Waals surface area (Å²) in [5, 5.41) is 6.57. The first-order chi connectivity index (χ1) is 11.3. The van der Waals surface area contributed by atoms with E-state index in [4.69, 9.17) is 9.47 Å². The number of hydrogen-bond acceptors (Lipinski definition) is 3. The molecule has 24 heavy (non-hydrogen) atoms. The van der Waals surface area contributed by atoms with Crippen molar-refractivity contribution in [2.45, 2.75) is 39.3 Å². The summed E-state index contributed by atoms with van der Waals surface area (Å²) in [5.41, 5.74) is 2.52. The van der Waals surface area contributed by atoms with Crippen LogP contribution in [0.4, 0.5) is 0 Å². The molecular formula is C18H30IN3O2. The first-order valence-corrected chi connectivity index (χ1v) is 8.55. The Morgan fingerprint density at radius 1 is 1.33 bits per heavy atom. The highest BCUT2D eigenvalue weighted by molar-refractivity contribution is 14.0. The van der Waals surface area contributed by atoms with Gasteiger partial charge in [-0.3, -0.25) is 0 Å². The van der Waals surface area contributed by atoms with Crippen molar-refractivity contribution in [3.8, 4) is 0 Å². The van der Waals surface area contributed by atoms with E-state index in [0.717, 1.165) is 38.5 Å². The van der Waals surface area contributed by atoms with E-state index in [1.165, 1.54) is 11.1 Å². The summed E-state index contributed by atoms with van der Waals surface area (Å²) in [4.78, 5) is 4.63. The fourth-order valence-electron chi connectivity index (χ4n) is 2.53. The van der Waals surface area contributed by atoms with E-state index in [2.05, 4.69) is 53.7 Å². The highest BCUT2D eigenvalue weighted by atomic mass is 127. The van der Waals surface area contributed by atoms with Crippen molar-refractivity contribution in [1.82, 2.24) is 10.6 Å². The molecule has 1 aromatic rings. The third-order valence-corrected chi connectivity index (χ3v) is 3.88. The number of guanidine groups is 1. The number of hydrogen-bond donors (Lipinski definition) is 2. The van der Waals surface area contributed by atoms with Crippen molar-refractivity contribution in [3.05, 3.63) is 35.4 Å². The fraction of sp³-hybridized carbons (Fsp3) is 0.611. The maximum Gasteiger partial charge on any atom is 0.191 e. The summed E-state index contributed by atoms with van der Waals surface area (Å²) in [6, 6.07) is 8.34. The Labute approximate surface area is 162 Å². The van der Waals surface area contributed by atoms with Gasteiger partial charge in [-0.1, -0.05) is 24.3 Å². The van der Waals surface area contributed by atoms with Crippen molar-refractivity contribution in [2.75, 3.05) is 32.9 Å². The molecule has 2 rings (SSSR count). The van der Waals surface area contributed by atoms with E-state index in [-0.39, 0.29) is 30.1 Å². The lowest BCUT2D eigenvalue weighted by Gasteiger charge is -2.13. The van der Waals surface area contributed by atoms with E-state index in [1.807, 2.05) is 0 Å². The Bertz CT molecular complexity index is 491. The molecule has 0 aromatic heterocycles. The minimum atomic E-state index is 0. The Kier molecular flexibility index (Phi) is 11.0. The fourth-order valence-corrected chi connectivity index (χ4v) is 2.53. The molecule has 1 aliphatic heterocycles. The highest BCUT2D eigenvalue weighted by Crippen LogP contribution is 2.11. The zero-order chi connectivity index (χ0) is 16.3. The smallest absolute Gasteiger partial charge is 0.191 e. The number of rotatable bonds is 8. The van der Waals surface area contributed by atoms with E-state index < -0.39 is 0 Å². The summed E-state index contributed by atoms with van der Waals surface area (Å²) >= 11 is 0. The number of halogens is 1. The summed E-state index contributed by atoms with van der Waals surface area (Å²) in [5.74, 6) is 0.830. The Morgan fingerprint density at radius 2 is 2.17 bits per heavy atom. The molecule has 6 heteroatoms. The lowest BCUT2D eigenvalue weighted by Crippen LogP contribution is -2.39. The molecule has 1 fully saturated rings. The second kappa shape index (κ2) is 12.5. The monoisotopic (exact) mass is 447 g/mol. The number of benzene rings is 1. The predicted molar refractivity (Wildman–Crippen MR) is 109 cm³/mol. The van der Waals surface area contributed by atoms with E-state index in [1.54, 1.807) is 0 Å². The molecule has 1 unspecified atom stereocenters. The van der Waals surface area contributed by atoms with Crippen LogP contribution in [-0.2, 0) is 16.0 Å². The SMILES string of the molecule is CCNC(=NCc1ccccc1C)NCCOCC1CCCO1.I. The summed E-state index contributed by atoms with van der Waals surface area (Å²) in [6.07, 6.45) is 2.56. The average Bonchev–Trinajstić information content (AvgIpc) is 3.07. The molecule has 1 saturated heterocycles. The predicted octanol–water partition coefficient (Wildman–Crippen LogP) is 2.86. The third kappa shape index (κ3) is 7.81. The first kappa shape index (κ1) is 21.2. The van der Waals surface area contributed by atoms with Gasteiger partial charge in [-0.2, -0.15) is 0 Å². The quantitative estimate of drug-likeness (QED) is 0.279. The molecule has 1 heterocycles. The molecule has 1 aromatic carbocycles. The standard InChI is InChI=1S/C18H29N3O2.HI/c1-3-19-18(21-13-16-8-5-4-7-15(16)2)20-10-12-22-14-17-9-6-11-23-17;/h4-5,7-8,17H,3,6,9-14H2,1-2H3,(H2,19,20,21);1H. The molecule has 0 spiro atoms. The molecule has 1 aliphatic rings. The Morgan fingerprint density at radius 3 is 2.88 bits per heavy atom. The topological polar surface area (TPSA) is 54.9 Å². The Balaban J connectivity index is 0.00000288. The number of aliphatic imine (C=N–C) groups is 1. The summed E-state index contributed by atoms with van der Waals surface area (Å²) < 4.78 is 11.2. The lowest BCUT2D eigenvalue weighted by molar-refractivity contribution is 0.0191. The van der Waals surface area contributed by atoms with Crippen LogP contribution < -0.4 is 10.6 Å². The minimum Gasteiger partial charge on any atom is -0.377 e. The first-order valence-electron chi connectivity index (χ1n) is 8.55. The minimum absolute atomic E-state index is 0. The molecule has 5 nitrogen and oxygen atoms in total. The van der Waals surface area contributed by atoms with Crippen molar-refractivity contribution in [3.63, 3.8) is 0 Å². The number of nitrogens with zero attached hydrogens (tertiary/aromatic N) is 1. The zero-order valence-corrected chi connectivity index (χ0v) is 17.0. The van der Waals surface area contributed by atoms with E-state index >= 15 is 0 Å². The van der Waals surface area contributed by atoms with Gasteiger partial charge >= 0.3 is 0 Å². The van der Waals surface area contributed by atoms with Crippen molar-refractivity contribution in [2.24, 2.45) is 4.99 Å². The van der Waals surface area contributed by atoms with Crippen LogP contribution in [0.5, 0.6) is 0 Å². The number of ether oxygens (including phenoxy) is 2. The molecular weight excluding hydrogens is 417 g/mol. The van der Waals surface area contributed by atoms with Crippen molar-refractivity contribution >= 4 is 29.9 Å². The second-order valence-electron chi connectivity index (χ2n) is 5.76. The largest absolute Gasteiger partial charge is 0.377 e. The van der Waals surface area contributed by atoms with E-state index in [9.17, 15) is 0 Å². The second-order valence-corrected chi connectivity index (χ2v) is 5.76. The molecule has 0 saturated carbocycles. The Hall–Kier alpha value is -0.860. The van der Waals surface area contributed by atoms with Crippen LogP contribution in [-0.4, -0.2) is 45.0 Å². The summed E-state index contributed by atoms with van der Waals surface area (Å²) in [7, 11) is 0. The van der Waals surface area contributed by atoms with Gasteiger partial charge in [-0.15, -0.1) is 24.0 Å². The van der Waals surface area contributed by atoms with Crippen molar-refractivity contribution in [1.29, 1.82) is 0 Å². The number of nitrogens with one attached hydrogen (secondary N) is 2. The van der Waals surface area contributed by atoms with Gasteiger partial charge in [0, 0.05) is 19.7 Å². The molecule has 0 radical (unpaired) electrons. The van der Waals surface area contributed by atoms with Gasteiger partial charge in [0.1, 0.15) is 0 Å². The van der Waals surface area contributed by atoms with Crippen LogP contribution in [0, 0.1) is 6.92 Å². The van der Waals surface area contributed by atoms with Crippen molar-refractivity contribution < 1.29 is 9.47 Å². The maximum absolute atomic E-state index is 5.66. The molecule has 0 bridgehead atoms. The average molecular weight is 447 g/mol. The van der Waals surface area contributed by atoms with Crippen LogP contribution in [0.2, 0.25) is 0 Å². The highest BCUT2D eigenvalue weighted by Gasteiger charge is 2.14. The summed E-state index contributed by atoms with van der Waals surface area (Å²) in [6.45, 7) is 8.68. The van der Waals surface area contributed by atoms with Crippen LogP contribution in [0.1, 0.15) is 30.9 Å². The van der Waals surface area contributed by atoms with Gasteiger partial charge in [0.2, 0.25) is 0 Å². The van der Waals surface area contributed by atoms with Crippen LogP contribution in [0.15, 0.2) is 29.3 Å². The van der Waals surface area contributed by atoms with Gasteiger partial charge in [0.15, 0.2) is 5.96 Å².